The molecule has 4 rings (SSSR count). The van der Waals surface area contributed by atoms with Crippen molar-refractivity contribution in [2.45, 2.75) is 51.7 Å². The smallest absolute Gasteiger partial charge is 0.398 e. The molecule has 0 saturated carbocycles. The van der Waals surface area contributed by atoms with Crippen LogP contribution in [0.25, 0.3) is 16.8 Å². The molecule has 2 aliphatic rings. The molecule has 5 heteroatoms. The average Bonchev–Trinajstić information content (AvgIpc) is 3.25. The van der Waals surface area contributed by atoms with E-state index in [1.165, 1.54) is 5.56 Å². The van der Waals surface area contributed by atoms with Gasteiger partial charge in [0.1, 0.15) is 5.73 Å². The summed E-state index contributed by atoms with van der Waals surface area (Å²) in [5.74, 6) is 0. The van der Waals surface area contributed by atoms with Gasteiger partial charge in [-0.05, 0) is 81.0 Å². The van der Waals surface area contributed by atoms with Gasteiger partial charge in [-0.15, -0.1) is 0 Å². The van der Waals surface area contributed by atoms with Crippen LogP contribution in [0.15, 0.2) is 42.3 Å². The second-order valence-electron chi connectivity index (χ2n) is 7.87. The molecule has 3 nitrogen and oxygen atoms in total. The molecule has 1 aliphatic heterocycles. The number of halogens is 1. The Morgan fingerprint density at radius 2 is 1.80 bits per heavy atom. The molecule has 2 heterocycles. The van der Waals surface area contributed by atoms with Gasteiger partial charge in [0.2, 0.25) is 0 Å². The van der Waals surface area contributed by atoms with Crippen LogP contribution < -0.4 is 0 Å². The minimum Gasteiger partial charge on any atom is -0.398 e. The topological polar surface area (TPSA) is 34.2 Å². The van der Waals surface area contributed by atoms with Gasteiger partial charge in [0.05, 0.1) is 11.2 Å². The number of aromatic nitrogens is 1. The molecule has 0 unspecified atom stereocenters. The largest absolute Gasteiger partial charge is 0.525 e. The highest BCUT2D eigenvalue weighted by Gasteiger charge is 2.53. The van der Waals surface area contributed by atoms with Crippen molar-refractivity contribution in [3.63, 3.8) is 0 Å². The van der Waals surface area contributed by atoms with E-state index in [0.29, 0.717) is 12.0 Å². The maximum absolute atomic E-state index is 15.2. The minimum absolute atomic E-state index is 0.287. The molecular weight excluding hydrogens is 316 g/mol. The lowest BCUT2D eigenvalue weighted by Gasteiger charge is -2.32. The highest BCUT2D eigenvalue weighted by molar-refractivity contribution is 6.55. The quantitative estimate of drug-likeness (QED) is 0.787. The summed E-state index contributed by atoms with van der Waals surface area (Å²) in [6.45, 7) is 7.76. The van der Waals surface area contributed by atoms with Crippen LogP contribution in [0.3, 0.4) is 0 Å². The lowest BCUT2D eigenvalue weighted by atomic mass is 9.83. The molecule has 1 fully saturated rings. The number of nitrogens with one attached hydrogen (secondary N) is 1. The van der Waals surface area contributed by atoms with E-state index < -0.39 is 18.3 Å². The third-order valence-electron chi connectivity index (χ3n) is 5.73. The standard InChI is InChI=1S/C20H23BFNO2/c1-19(2)20(3,4)25-21(24-19)18(22)16-10-7-13-12-14(8-9-15(13)16)17-6-5-11-23-17/h5-6,8-9,11-12,23H,7,10H2,1-4H3. The summed E-state index contributed by atoms with van der Waals surface area (Å²) in [5.41, 5.74) is 3.71. The first kappa shape index (κ1) is 16.6. The SMILES string of the molecule is CC1(C)OB(C(F)=C2CCc3cc(-c4ccc[nH]4)ccc32)OC1(C)C. The van der Waals surface area contributed by atoms with Gasteiger partial charge in [-0.2, -0.15) is 0 Å². The third-order valence-corrected chi connectivity index (χ3v) is 5.73. The molecule has 0 atom stereocenters. The first-order chi connectivity index (χ1) is 11.8. The summed E-state index contributed by atoms with van der Waals surface area (Å²) < 4.78 is 26.9. The highest BCUT2D eigenvalue weighted by atomic mass is 19.1. The van der Waals surface area contributed by atoms with Crippen molar-refractivity contribution < 1.29 is 13.7 Å². The van der Waals surface area contributed by atoms with Gasteiger partial charge in [0.15, 0.2) is 0 Å². The Labute approximate surface area is 148 Å². The molecule has 25 heavy (non-hydrogen) atoms. The van der Waals surface area contributed by atoms with Gasteiger partial charge in [0, 0.05) is 11.9 Å². The van der Waals surface area contributed by atoms with Crippen molar-refractivity contribution in [1.82, 2.24) is 4.98 Å². The number of aromatic amines is 1. The van der Waals surface area contributed by atoms with Crippen molar-refractivity contribution in [2.75, 3.05) is 0 Å². The molecule has 130 valence electrons. The van der Waals surface area contributed by atoms with Crippen LogP contribution in [0.2, 0.25) is 0 Å². The first-order valence-electron chi connectivity index (χ1n) is 8.80. The molecular formula is C20H23BFNO2. The van der Waals surface area contributed by atoms with E-state index in [-0.39, 0.29) is 5.73 Å². The zero-order valence-corrected chi connectivity index (χ0v) is 15.2. The molecule has 2 aromatic rings. The molecule has 0 spiro atoms. The maximum atomic E-state index is 15.2. The van der Waals surface area contributed by atoms with Crippen LogP contribution in [0.4, 0.5) is 4.39 Å². The van der Waals surface area contributed by atoms with Crippen molar-refractivity contribution in [3.8, 4) is 11.3 Å². The Bertz CT molecular complexity index is 823. The first-order valence-corrected chi connectivity index (χ1v) is 8.80. The van der Waals surface area contributed by atoms with E-state index in [1.807, 2.05) is 58.2 Å². The second-order valence-corrected chi connectivity index (χ2v) is 7.87. The molecule has 0 amide bonds. The summed E-state index contributed by atoms with van der Waals surface area (Å²) >= 11 is 0. The highest BCUT2D eigenvalue weighted by Crippen LogP contribution is 2.43. The van der Waals surface area contributed by atoms with Gasteiger partial charge >= 0.3 is 7.12 Å². The predicted octanol–water partition coefficient (Wildman–Crippen LogP) is 4.94. The van der Waals surface area contributed by atoms with Crippen LogP contribution in [-0.4, -0.2) is 23.3 Å². The number of H-pyrrole nitrogens is 1. The van der Waals surface area contributed by atoms with Crippen LogP contribution in [0, 0.1) is 0 Å². The summed E-state index contributed by atoms with van der Waals surface area (Å²) in [5, 5.41) is 0. The van der Waals surface area contributed by atoms with Crippen LogP contribution in [0.1, 0.15) is 45.2 Å². The third kappa shape index (κ3) is 2.66. The number of fused-ring (bicyclic) bond motifs is 1. The summed E-state index contributed by atoms with van der Waals surface area (Å²) in [4.78, 5) is 3.22. The van der Waals surface area contributed by atoms with Crippen molar-refractivity contribution in [1.29, 1.82) is 0 Å². The van der Waals surface area contributed by atoms with Gasteiger partial charge in [-0.3, -0.25) is 0 Å². The molecule has 0 bridgehead atoms. The Balaban J connectivity index is 1.67. The van der Waals surface area contributed by atoms with Crippen LogP contribution in [0.5, 0.6) is 0 Å². The zero-order chi connectivity index (χ0) is 17.8. The van der Waals surface area contributed by atoms with Gasteiger partial charge in [0.25, 0.3) is 0 Å². The van der Waals surface area contributed by atoms with Crippen molar-refractivity contribution in [3.05, 3.63) is 53.4 Å². The molecule has 1 aromatic heterocycles. The number of aryl methyl sites for hydroxylation is 1. The number of allylic oxidation sites excluding steroid dienone is 1. The Morgan fingerprint density at radius 3 is 2.44 bits per heavy atom. The predicted molar refractivity (Wildman–Crippen MR) is 98.7 cm³/mol. The van der Waals surface area contributed by atoms with Gasteiger partial charge in [-0.25, -0.2) is 4.39 Å². The number of hydrogen-bond acceptors (Lipinski definition) is 2. The number of benzene rings is 1. The molecule has 1 aromatic carbocycles. The molecule has 1 N–H and O–H groups in total. The fourth-order valence-corrected chi connectivity index (χ4v) is 3.50. The van der Waals surface area contributed by atoms with Crippen LogP contribution >= 0.6 is 0 Å². The van der Waals surface area contributed by atoms with Crippen molar-refractivity contribution >= 4 is 12.7 Å². The lowest BCUT2D eigenvalue weighted by Crippen LogP contribution is -2.41. The van der Waals surface area contributed by atoms with E-state index in [1.54, 1.807) is 0 Å². The zero-order valence-electron chi connectivity index (χ0n) is 15.2. The maximum Gasteiger partial charge on any atom is 0.525 e. The van der Waals surface area contributed by atoms with Crippen molar-refractivity contribution in [2.24, 2.45) is 0 Å². The number of hydrogen-bond donors (Lipinski definition) is 1. The average molecular weight is 339 g/mol. The molecule has 1 saturated heterocycles. The van der Waals surface area contributed by atoms with Gasteiger partial charge in [-0.1, -0.05) is 12.1 Å². The molecule has 1 aliphatic carbocycles. The van der Waals surface area contributed by atoms with E-state index in [4.69, 9.17) is 9.31 Å². The second kappa shape index (κ2) is 5.58. The fourth-order valence-electron chi connectivity index (χ4n) is 3.50. The Morgan fingerprint density at radius 1 is 1.08 bits per heavy atom. The minimum atomic E-state index is -0.922. The monoisotopic (exact) mass is 339 g/mol. The fraction of sp³-hybridized carbons (Fsp3) is 0.400. The normalized spacial score (nSPS) is 23.0. The Hall–Kier alpha value is -1.85. The van der Waals surface area contributed by atoms with Gasteiger partial charge < -0.3 is 14.3 Å². The summed E-state index contributed by atoms with van der Waals surface area (Å²) in [6.07, 6.45) is 3.43. The summed E-state index contributed by atoms with van der Waals surface area (Å²) in [7, 11) is -0.922. The lowest BCUT2D eigenvalue weighted by molar-refractivity contribution is 0.00578. The van der Waals surface area contributed by atoms with Crippen LogP contribution in [-0.2, 0) is 15.7 Å². The molecule has 0 radical (unpaired) electrons. The number of rotatable bonds is 2. The summed E-state index contributed by atoms with van der Waals surface area (Å²) in [6, 6.07) is 10.2. The van der Waals surface area contributed by atoms with E-state index >= 15 is 4.39 Å². The van der Waals surface area contributed by atoms with E-state index in [2.05, 4.69) is 11.1 Å². The van der Waals surface area contributed by atoms with E-state index in [9.17, 15) is 0 Å². The Kier molecular flexibility index (Phi) is 3.71. The van der Waals surface area contributed by atoms with E-state index in [0.717, 1.165) is 23.2 Å².